The SMILES string of the molecule is Cc1ccc(S(=O)(=O)N2CC(C(=O)NC3CCCC3)Oc3ccccc32)cc1. The van der Waals surface area contributed by atoms with Crippen LogP contribution in [0.3, 0.4) is 0 Å². The minimum atomic E-state index is -3.81. The number of benzene rings is 2. The molecular formula is C21H24N2O4S. The Morgan fingerprint density at radius 1 is 1.07 bits per heavy atom. The zero-order valence-electron chi connectivity index (χ0n) is 15.8. The molecule has 2 aromatic carbocycles. The number of nitrogens with one attached hydrogen (secondary N) is 1. The summed E-state index contributed by atoms with van der Waals surface area (Å²) in [7, 11) is -3.81. The Morgan fingerprint density at radius 2 is 1.75 bits per heavy atom. The maximum Gasteiger partial charge on any atom is 0.264 e. The third kappa shape index (κ3) is 3.58. The fraction of sp³-hybridized carbons (Fsp3) is 0.381. The predicted molar refractivity (Wildman–Crippen MR) is 107 cm³/mol. The number of aryl methyl sites for hydroxylation is 1. The van der Waals surface area contributed by atoms with Gasteiger partial charge in [0, 0.05) is 6.04 Å². The number of para-hydroxylation sites is 2. The van der Waals surface area contributed by atoms with Gasteiger partial charge in [0.05, 0.1) is 17.1 Å². The summed E-state index contributed by atoms with van der Waals surface area (Å²) in [5.41, 5.74) is 1.43. The second-order valence-electron chi connectivity index (χ2n) is 7.41. The van der Waals surface area contributed by atoms with Crippen LogP contribution in [0.4, 0.5) is 5.69 Å². The molecule has 1 amide bonds. The number of nitrogens with zero attached hydrogens (tertiary/aromatic N) is 1. The summed E-state index contributed by atoms with van der Waals surface area (Å²) in [6.45, 7) is 1.86. The van der Waals surface area contributed by atoms with E-state index >= 15 is 0 Å². The lowest BCUT2D eigenvalue weighted by atomic mass is 10.2. The number of anilines is 1. The van der Waals surface area contributed by atoms with Crippen LogP contribution in [0.25, 0.3) is 0 Å². The van der Waals surface area contributed by atoms with Crippen molar-refractivity contribution in [1.29, 1.82) is 0 Å². The fourth-order valence-corrected chi connectivity index (χ4v) is 5.24. The van der Waals surface area contributed by atoms with Gasteiger partial charge in [-0.1, -0.05) is 42.7 Å². The van der Waals surface area contributed by atoms with Crippen LogP contribution in [0.15, 0.2) is 53.4 Å². The van der Waals surface area contributed by atoms with E-state index in [2.05, 4.69) is 5.32 Å². The first kappa shape index (κ1) is 18.8. The van der Waals surface area contributed by atoms with Gasteiger partial charge in [0.2, 0.25) is 0 Å². The largest absolute Gasteiger partial charge is 0.476 e. The molecule has 0 radical (unpaired) electrons. The van der Waals surface area contributed by atoms with Crippen LogP contribution in [0.2, 0.25) is 0 Å². The number of carbonyl (C=O) groups excluding carboxylic acids is 1. The first-order chi connectivity index (χ1) is 13.4. The number of rotatable bonds is 4. The van der Waals surface area contributed by atoms with E-state index in [1.54, 1.807) is 48.5 Å². The number of carbonyl (C=O) groups is 1. The summed E-state index contributed by atoms with van der Waals surface area (Å²) in [4.78, 5) is 13.0. The average molecular weight is 401 g/mol. The first-order valence-corrected chi connectivity index (χ1v) is 11.0. The summed E-state index contributed by atoms with van der Waals surface area (Å²) in [5, 5.41) is 3.01. The normalized spacial score (nSPS) is 19.8. The molecule has 0 aromatic heterocycles. The summed E-state index contributed by atoms with van der Waals surface area (Å²) < 4.78 is 33.8. The molecule has 148 valence electrons. The number of ether oxygens (including phenoxy) is 1. The standard InChI is InChI=1S/C21H24N2O4S/c1-15-10-12-17(13-11-15)28(25,26)23-14-20(21(24)22-16-6-2-3-7-16)27-19-9-5-4-8-18(19)23/h4-5,8-13,16,20H,2-3,6-7,14H2,1H3,(H,22,24). The van der Waals surface area contributed by atoms with Gasteiger partial charge in [-0.3, -0.25) is 9.10 Å². The molecule has 0 bridgehead atoms. The van der Waals surface area contributed by atoms with Crippen LogP contribution in [-0.4, -0.2) is 33.0 Å². The second-order valence-corrected chi connectivity index (χ2v) is 9.28. The summed E-state index contributed by atoms with van der Waals surface area (Å²) in [6.07, 6.45) is 3.25. The first-order valence-electron chi connectivity index (χ1n) is 9.60. The van der Waals surface area contributed by atoms with Crippen LogP contribution in [-0.2, 0) is 14.8 Å². The van der Waals surface area contributed by atoms with E-state index in [1.165, 1.54) is 4.31 Å². The van der Waals surface area contributed by atoms with Crippen molar-refractivity contribution in [3.63, 3.8) is 0 Å². The molecule has 4 rings (SSSR count). The van der Waals surface area contributed by atoms with E-state index < -0.39 is 16.1 Å². The number of hydrogen-bond acceptors (Lipinski definition) is 4. The van der Waals surface area contributed by atoms with Gasteiger partial charge in [-0.15, -0.1) is 0 Å². The molecule has 2 aliphatic rings. The zero-order chi connectivity index (χ0) is 19.7. The Hall–Kier alpha value is -2.54. The van der Waals surface area contributed by atoms with E-state index in [9.17, 15) is 13.2 Å². The molecule has 1 N–H and O–H groups in total. The number of amides is 1. The monoisotopic (exact) mass is 400 g/mol. The third-order valence-electron chi connectivity index (χ3n) is 5.34. The average Bonchev–Trinajstić information content (AvgIpc) is 3.20. The lowest BCUT2D eigenvalue weighted by Crippen LogP contribution is -2.52. The summed E-state index contributed by atoms with van der Waals surface area (Å²) in [5.74, 6) is 0.140. The van der Waals surface area contributed by atoms with Crippen molar-refractivity contribution in [2.75, 3.05) is 10.8 Å². The van der Waals surface area contributed by atoms with Crippen molar-refractivity contribution in [1.82, 2.24) is 5.32 Å². The molecule has 7 heteroatoms. The molecule has 1 unspecified atom stereocenters. The minimum Gasteiger partial charge on any atom is -0.476 e. The quantitative estimate of drug-likeness (QED) is 0.856. The topological polar surface area (TPSA) is 75.7 Å². The highest BCUT2D eigenvalue weighted by atomic mass is 32.2. The van der Waals surface area contributed by atoms with Crippen LogP contribution in [0.5, 0.6) is 5.75 Å². The van der Waals surface area contributed by atoms with Crippen molar-refractivity contribution in [3.8, 4) is 5.75 Å². The van der Waals surface area contributed by atoms with Crippen LogP contribution in [0, 0.1) is 6.92 Å². The molecule has 6 nitrogen and oxygen atoms in total. The Labute approximate surface area is 165 Å². The maximum atomic E-state index is 13.3. The molecule has 1 aliphatic heterocycles. The van der Waals surface area contributed by atoms with Gasteiger partial charge in [0.15, 0.2) is 6.10 Å². The van der Waals surface area contributed by atoms with E-state index in [-0.39, 0.29) is 23.4 Å². The van der Waals surface area contributed by atoms with Gasteiger partial charge in [-0.25, -0.2) is 8.42 Å². The van der Waals surface area contributed by atoms with Crippen molar-refractivity contribution in [2.45, 2.75) is 49.6 Å². The highest BCUT2D eigenvalue weighted by Crippen LogP contribution is 2.37. The molecular weight excluding hydrogens is 376 g/mol. The Bertz CT molecular complexity index is 966. The smallest absolute Gasteiger partial charge is 0.264 e. The van der Waals surface area contributed by atoms with E-state index in [0.717, 1.165) is 31.2 Å². The van der Waals surface area contributed by atoms with E-state index in [1.807, 2.05) is 6.92 Å². The lowest BCUT2D eigenvalue weighted by molar-refractivity contribution is -0.128. The molecule has 1 aliphatic carbocycles. The van der Waals surface area contributed by atoms with Crippen molar-refractivity contribution < 1.29 is 17.9 Å². The highest BCUT2D eigenvalue weighted by molar-refractivity contribution is 7.92. The second kappa shape index (κ2) is 7.47. The van der Waals surface area contributed by atoms with Gasteiger partial charge in [0.1, 0.15) is 5.75 Å². The fourth-order valence-electron chi connectivity index (χ4n) is 3.77. The van der Waals surface area contributed by atoms with Gasteiger partial charge in [0.25, 0.3) is 15.9 Å². The van der Waals surface area contributed by atoms with Crippen LogP contribution in [0.1, 0.15) is 31.2 Å². The van der Waals surface area contributed by atoms with Crippen molar-refractivity contribution in [3.05, 3.63) is 54.1 Å². The zero-order valence-corrected chi connectivity index (χ0v) is 16.6. The predicted octanol–water partition coefficient (Wildman–Crippen LogP) is 3.01. The summed E-state index contributed by atoms with van der Waals surface area (Å²) >= 11 is 0. The van der Waals surface area contributed by atoms with Gasteiger partial charge >= 0.3 is 0 Å². The molecule has 1 atom stereocenters. The number of hydrogen-bond donors (Lipinski definition) is 1. The van der Waals surface area contributed by atoms with Crippen LogP contribution < -0.4 is 14.4 Å². The molecule has 1 fully saturated rings. The molecule has 1 saturated carbocycles. The molecule has 28 heavy (non-hydrogen) atoms. The Morgan fingerprint density at radius 3 is 2.46 bits per heavy atom. The summed E-state index contributed by atoms with van der Waals surface area (Å²) in [6, 6.07) is 13.8. The Kier molecular flexibility index (Phi) is 5.02. The Balaban J connectivity index is 1.65. The minimum absolute atomic E-state index is 0.0498. The number of sulfonamides is 1. The van der Waals surface area contributed by atoms with E-state index in [4.69, 9.17) is 4.74 Å². The molecule has 0 spiro atoms. The lowest BCUT2D eigenvalue weighted by Gasteiger charge is -2.35. The van der Waals surface area contributed by atoms with Crippen LogP contribution >= 0.6 is 0 Å². The van der Waals surface area contributed by atoms with Gasteiger partial charge < -0.3 is 10.1 Å². The molecule has 2 aromatic rings. The van der Waals surface area contributed by atoms with E-state index in [0.29, 0.717) is 11.4 Å². The maximum absolute atomic E-state index is 13.3. The highest BCUT2D eigenvalue weighted by Gasteiger charge is 2.38. The molecule has 0 saturated heterocycles. The van der Waals surface area contributed by atoms with Crippen molar-refractivity contribution in [2.24, 2.45) is 0 Å². The molecule has 1 heterocycles. The van der Waals surface area contributed by atoms with Gasteiger partial charge in [-0.2, -0.15) is 0 Å². The third-order valence-corrected chi connectivity index (χ3v) is 7.13. The van der Waals surface area contributed by atoms with Gasteiger partial charge in [-0.05, 0) is 44.0 Å². The van der Waals surface area contributed by atoms with Crippen molar-refractivity contribution >= 4 is 21.6 Å². The number of fused-ring (bicyclic) bond motifs is 1.